The molecule has 0 bridgehead atoms. The van der Waals surface area contributed by atoms with Crippen LogP contribution < -0.4 is 0 Å². The molecule has 0 radical (unpaired) electrons. The van der Waals surface area contributed by atoms with Gasteiger partial charge < -0.3 is 4.90 Å². The van der Waals surface area contributed by atoms with Gasteiger partial charge in [0.2, 0.25) is 0 Å². The molecule has 0 spiro atoms. The van der Waals surface area contributed by atoms with Crippen LogP contribution in [-0.4, -0.2) is 31.8 Å². The maximum absolute atomic E-state index is 13.2. The molecule has 1 aliphatic carbocycles. The fraction of sp³-hybridized carbons (Fsp3) is 0.208. The Morgan fingerprint density at radius 1 is 0.967 bits per heavy atom. The second-order valence-corrected chi connectivity index (χ2v) is 7.72. The molecule has 5 rings (SSSR count). The molecule has 1 aliphatic rings. The summed E-state index contributed by atoms with van der Waals surface area (Å²) in [6.07, 6.45) is 2.04. The summed E-state index contributed by atoms with van der Waals surface area (Å²) in [6, 6.07) is 22.1. The third kappa shape index (κ3) is 3.81. The summed E-state index contributed by atoms with van der Waals surface area (Å²) in [7, 11) is 0. The summed E-state index contributed by atoms with van der Waals surface area (Å²) in [4.78, 5) is 15.0. The number of aromatic nitrogens is 3. The minimum atomic E-state index is -0.265. The zero-order valence-electron chi connectivity index (χ0n) is 16.4. The van der Waals surface area contributed by atoms with E-state index in [9.17, 15) is 9.18 Å². The van der Waals surface area contributed by atoms with Crippen LogP contribution in [0.15, 0.2) is 72.8 Å². The first-order chi connectivity index (χ1) is 14.7. The van der Waals surface area contributed by atoms with E-state index >= 15 is 0 Å². The highest BCUT2D eigenvalue weighted by Crippen LogP contribution is 2.30. The molecule has 1 fully saturated rings. The molecule has 30 heavy (non-hydrogen) atoms. The van der Waals surface area contributed by atoms with Gasteiger partial charge in [0.15, 0.2) is 0 Å². The van der Waals surface area contributed by atoms with E-state index in [1.807, 2.05) is 58.1 Å². The Kier molecular flexibility index (Phi) is 4.75. The van der Waals surface area contributed by atoms with Gasteiger partial charge in [0.1, 0.15) is 11.3 Å². The Bertz CT molecular complexity index is 1180. The zero-order valence-corrected chi connectivity index (χ0v) is 16.4. The van der Waals surface area contributed by atoms with Gasteiger partial charge in [-0.15, -0.1) is 5.10 Å². The van der Waals surface area contributed by atoms with Gasteiger partial charge in [-0.1, -0.05) is 41.6 Å². The van der Waals surface area contributed by atoms with Gasteiger partial charge in [-0.25, -0.2) is 9.07 Å². The second-order valence-electron chi connectivity index (χ2n) is 7.72. The third-order valence-corrected chi connectivity index (χ3v) is 5.47. The Labute approximate surface area is 173 Å². The van der Waals surface area contributed by atoms with E-state index < -0.39 is 0 Å². The number of carbonyl (C=O) groups excluding carboxylic acids is 1. The van der Waals surface area contributed by atoms with Crippen LogP contribution in [0.2, 0.25) is 0 Å². The van der Waals surface area contributed by atoms with Gasteiger partial charge in [-0.05, 0) is 60.4 Å². The number of hydrogen-bond donors (Lipinski definition) is 0. The van der Waals surface area contributed by atoms with E-state index in [2.05, 4.69) is 10.3 Å². The summed E-state index contributed by atoms with van der Waals surface area (Å²) < 4.78 is 15.0. The molecule has 4 aromatic rings. The predicted octanol–water partition coefficient (Wildman–Crippen LogP) is 4.42. The lowest BCUT2D eigenvalue weighted by Crippen LogP contribution is -2.32. The first-order valence-electron chi connectivity index (χ1n) is 10.1. The number of nitrogens with zero attached hydrogens (tertiary/aromatic N) is 4. The van der Waals surface area contributed by atoms with Gasteiger partial charge in [-0.2, -0.15) is 0 Å². The van der Waals surface area contributed by atoms with Crippen molar-refractivity contribution in [2.24, 2.45) is 0 Å². The van der Waals surface area contributed by atoms with Crippen molar-refractivity contribution in [3.8, 4) is 0 Å². The van der Waals surface area contributed by atoms with Gasteiger partial charge in [-0.3, -0.25) is 4.79 Å². The topological polar surface area (TPSA) is 51.0 Å². The van der Waals surface area contributed by atoms with Crippen molar-refractivity contribution in [2.45, 2.75) is 32.0 Å². The summed E-state index contributed by atoms with van der Waals surface area (Å²) in [5.74, 6) is -0.252. The van der Waals surface area contributed by atoms with E-state index in [0.29, 0.717) is 18.7 Å². The molecule has 0 N–H and O–H groups in total. The lowest BCUT2D eigenvalue weighted by Gasteiger charge is -2.23. The van der Waals surface area contributed by atoms with E-state index in [4.69, 9.17) is 0 Å². The summed E-state index contributed by atoms with van der Waals surface area (Å²) in [5, 5.41) is 8.41. The fourth-order valence-electron chi connectivity index (χ4n) is 3.67. The van der Waals surface area contributed by atoms with Crippen LogP contribution in [0.1, 0.15) is 34.3 Å². The zero-order chi connectivity index (χ0) is 20.5. The highest BCUT2D eigenvalue weighted by atomic mass is 19.1. The number of hydrogen-bond acceptors (Lipinski definition) is 3. The monoisotopic (exact) mass is 400 g/mol. The van der Waals surface area contributed by atoms with Crippen molar-refractivity contribution in [1.82, 2.24) is 19.9 Å². The molecule has 3 aromatic carbocycles. The minimum absolute atomic E-state index is 0.0135. The normalized spacial score (nSPS) is 13.5. The van der Waals surface area contributed by atoms with E-state index in [0.717, 1.165) is 35.0 Å². The Hall–Kier alpha value is -3.54. The van der Waals surface area contributed by atoms with Crippen molar-refractivity contribution in [3.63, 3.8) is 0 Å². The molecular weight excluding hydrogens is 379 g/mol. The van der Waals surface area contributed by atoms with E-state index in [1.165, 1.54) is 12.1 Å². The number of benzene rings is 3. The van der Waals surface area contributed by atoms with Crippen LogP contribution in [-0.2, 0) is 13.1 Å². The van der Waals surface area contributed by atoms with Crippen molar-refractivity contribution in [2.75, 3.05) is 0 Å². The maximum atomic E-state index is 13.2. The predicted molar refractivity (Wildman–Crippen MR) is 112 cm³/mol. The molecule has 150 valence electrons. The molecule has 6 heteroatoms. The average Bonchev–Trinajstić information content (AvgIpc) is 3.54. The first-order valence-corrected chi connectivity index (χ1v) is 10.1. The summed E-state index contributed by atoms with van der Waals surface area (Å²) in [5.41, 5.74) is 4.50. The summed E-state index contributed by atoms with van der Waals surface area (Å²) in [6.45, 7) is 1.09. The van der Waals surface area contributed by atoms with Crippen molar-refractivity contribution in [1.29, 1.82) is 0 Å². The smallest absolute Gasteiger partial charge is 0.254 e. The van der Waals surface area contributed by atoms with Crippen molar-refractivity contribution in [3.05, 3.63) is 95.3 Å². The quantitative estimate of drug-likeness (QED) is 0.481. The Balaban J connectivity index is 1.32. The van der Waals surface area contributed by atoms with Crippen LogP contribution in [0.25, 0.3) is 11.0 Å². The molecule has 0 atom stereocenters. The van der Waals surface area contributed by atoms with Gasteiger partial charge in [0.25, 0.3) is 5.91 Å². The van der Waals surface area contributed by atoms with Crippen LogP contribution in [0.4, 0.5) is 4.39 Å². The van der Waals surface area contributed by atoms with Crippen LogP contribution in [0.5, 0.6) is 0 Å². The standard InChI is InChI=1S/C24H21FN4O/c25-20-11-7-17(8-12-20)15-28(21-13-14-21)24(30)19-9-5-18(6-10-19)16-29-23-4-2-1-3-22(23)26-27-29/h1-12,21H,13-16H2. The molecule has 0 saturated heterocycles. The molecule has 1 aromatic heterocycles. The number of amides is 1. The molecule has 1 amide bonds. The first kappa shape index (κ1) is 18.5. The highest BCUT2D eigenvalue weighted by molar-refractivity contribution is 5.94. The number of halogens is 1. The van der Waals surface area contributed by atoms with Gasteiger partial charge in [0.05, 0.1) is 12.1 Å². The van der Waals surface area contributed by atoms with E-state index in [-0.39, 0.29) is 17.8 Å². The third-order valence-electron chi connectivity index (χ3n) is 5.47. The highest BCUT2D eigenvalue weighted by Gasteiger charge is 2.33. The number of carbonyl (C=O) groups is 1. The number of para-hydroxylation sites is 1. The number of fused-ring (bicyclic) bond motifs is 1. The molecular formula is C24H21FN4O. The molecule has 1 heterocycles. The fourth-order valence-corrected chi connectivity index (χ4v) is 3.67. The Morgan fingerprint density at radius 3 is 2.40 bits per heavy atom. The van der Waals surface area contributed by atoms with E-state index in [1.54, 1.807) is 12.1 Å². The largest absolute Gasteiger partial charge is 0.331 e. The van der Waals surface area contributed by atoms with Gasteiger partial charge in [0, 0.05) is 18.2 Å². The van der Waals surface area contributed by atoms with Crippen molar-refractivity contribution >= 4 is 16.9 Å². The minimum Gasteiger partial charge on any atom is -0.331 e. The average molecular weight is 400 g/mol. The van der Waals surface area contributed by atoms with Crippen LogP contribution in [0, 0.1) is 5.82 Å². The molecule has 0 aliphatic heterocycles. The lowest BCUT2D eigenvalue weighted by atomic mass is 10.1. The van der Waals surface area contributed by atoms with Crippen LogP contribution >= 0.6 is 0 Å². The van der Waals surface area contributed by atoms with Gasteiger partial charge >= 0.3 is 0 Å². The lowest BCUT2D eigenvalue weighted by molar-refractivity contribution is 0.0730. The summed E-state index contributed by atoms with van der Waals surface area (Å²) >= 11 is 0. The molecule has 5 nitrogen and oxygen atoms in total. The second kappa shape index (κ2) is 7.71. The molecule has 0 unspecified atom stereocenters. The van der Waals surface area contributed by atoms with Crippen molar-refractivity contribution < 1.29 is 9.18 Å². The molecule has 1 saturated carbocycles. The van der Waals surface area contributed by atoms with Crippen LogP contribution in [0.3, 0.4) is 0 Å². The Morgan fingerprint density at radius 2 is 1.67 bits per heavy atom. The maximum Gasteiger partial charge on any atom is 0.254 e. The number of rotatable bonds is 6. The SMILES string of the molecule is O=C(c1ccc(Cn2nnc3ccccc32)cc1)N(Cc1ccc(F)cc1)C1CC1.